The molecule has 1 aromatic carbocycles. The third kappa shape index (κ3) is 7.24. The first kappa shape index (κ1) is 25.6. The summed E-state index contributed by atoms with van der Waals surface area (Å²) in [5.74, 6) is -0.869. The first-order valence-corrected chi connectivity index (χ1v) is 11.6. The van der Waals surface area contributed by atoms with Gasteiger partial charge in [-0.25, -0.2) is 9.18 Å². The second-order valence-electron chi connectivity index (χ2n) is 9.41. The minimum atomic E-state index is -0.952. The number of halogens is 1. The molecule has 3 N–H and O–H groups in total. The third-order valence-electron chi connectivity index (χ3n) is 6.49. The predicted octanol–water partition coefficient (Wildman–Crippen LogP) is 3.04. The lowest BCUT2D eigenvalue weighted by Gasteiger charge is -2.22. The predicted molar refractivity (Wildman–Crippen MR) is 119 cm³/mol. The lowest BCUT2D eigenvalue weighted by molar-refractivity contribution is -0.155. The Morgan fingerprint density at radius 2 is 2.00 bits per heavy atom. The van der Waals surface area contributed by atoms with Crippen LogP contribution < -0.4 is 4.74 Å². The molecule has 0 bridgehead atoms. The molecule has 33 heavy (non-hydrogen) atoms. The number of rotatable bonds is 10. The van der Waals surface area contributed by atoms with Crippen LogP contribution in [0.25, 0.3) is 0 Å². The van der Waals surface area contributed by atoms with Gasteiger partial charge in [0.15, 0.2) is 6.10 Å². The smallest absolute Gasteiger partial charge is 0.333 e. The van der Waals surface area contributed by atoms with E-state index in [9.17, 15) is 24.5 Å². The maximum Gasteiger partial charge on any atom is 0.333 e. The van der Waals surface area contributed by atoms with Crippen molar-refractivity contribution < 1.29 is 38.7 Å². The van der Waals surface area contributed by atoms with Crippen molar-refractivity contribution in [2.75, 3.05) is 19.8 Å². The average Bonchev–Trinajstić information content (AvgIpc) is 2.92. The van der Waals surface area contributed by atoms with E-state index in [0.29, 0.717) is 25.4 Å². The quantitative estimate of drug-likeness (QED) is 0.455. The van der Waals surface area contributed by atoms with Crippen LogP contribution in [0.5, 0.6) is 5.75 Å². The van der Waals surface area contributed by atoms with Crippen LogP contribution in [-0.4, -0.2) is 65.5 Å². The number of aliphatic hydroxyl groups excluding tert-OH is 2. The van der Waals surface area contributed by atoms with E-state index < -0.39 is 24.3 Å². The number of hydrogen-bond donors (Lipinski definition) is 3. The first-order valence-electron chi connectivity index (χ1n) is 11.6. The number of benzene rings is 1. The zero-order valence-electron chi connectivity index (χ0n) is 19.2. The zero-order valence-corrected chi connectivity index (χ0v) is 19.2. The minimum Gasteiger partial charge on any atom is -0.491 e. The normalized spacial score (nSPS) is 29.6. The second-order valence-corrected chi connectivity index (χ2v) is 9.41. The summed E-state index contributed by atoms with van der Waals surface area (Å²) in [6, 6.07) is 5.59. The van der Waals surface area contributed by atoms with Crippen molar-refractivity contribution in [1.82, 2.24) is 0 Å². The van der Waals surface area contributed by atoms with Crippen molar-refractivity contribution >= 4 is 5.97 Å². The van der Waals surface area contributed by atoms with Crippen LogP contribution in [0.15, 0.2) is 36.4 Å². The van der Waals surface area contributed by atoms with Gasteiger partial charge in [0, 0.05) is 18.3 Å². The summed E-state index contributed by atoms with van der Waals surface area (Å²) in [6.45, 7) is 4.48. The highest BCUT2D eigenvalue weighted by molar-refractivity contribution is 5.72. The van der Waals surface area contributed by atoms with Gasteiger partial charge in [-0.05, 0) is 48.9 Å². The summed E-state index contributed by atoms with van der Waals surface area (Å²) in [5, 5.41) is 30.1. The largest absolute Gasteiger partial charge is 0.491 e. The van der Waals surface area contributed by atoms with E-state index in [2.05, 4.69) is 0 Å². The molecule has 0 amide bonds. The number of carboxylic acids is 1. The summed E-state index contributed by atoms with van der Waals surface area (Å²) in [4.78, 5) is 11.4. The van der Waals surface area contributed by atoms with Crippen LogP contribution in [0.3, 0.4) is 0 Å². The molecule has 2 fully saturated rings. The molecule has 7 atom stereocenters. The van der Waals surface area contributed by atoms with Gasteiger partial charge < -0.3 is 29.5 Å². The lowest BCUT2D eigenvalue weighted by atomic mass is 9.87. The van der Waals surface area contributed by atoms with Crippen molar-refractivity contribution in [2.24, 2.45) is 23.7 Å². The Balaban J connectivity index is 1.50. The highest BCUT2D eigenvalue weighted by Crippen LogP contribution is 2.41. The molecule has 1 heterocycles. The van der Waals surface area contributed by atoms with Crippen LogP contribution in [0.1, 0.15) is 33.1 Å². The van der Waals surface area contributed by atoms with Crippen LogP contribution >= 0.6 is 0 Å². The molecule has 1 saturated carbocycles. The molecule has 8 heteroatoms. The summed E-state index contributed by atoms with van der Waals surface area (Å²) < 4.78 is 30.2. The number of carbonyl (C=O) groups is 1. The van der Waals surface area contributed by atoms with Gasteiger partial charge in [-0.3, -0.25) is 0 Å². The Bertz CT molecular complexity index is 781. The Hall–Kier alpha value is -2.00. The van der Waals surface area contributed by atoms with Gasteiger partial charge in [0.2, 0.25) is 0 Å². The Kier molecular flexibility index (Phi) is 9.26. The van der Waals surface area contributed by atoms with E-state index in [1.165, 1.54) is 24.3 Å². The lowest BCUT2D eigenvalue weighted by Crippen LogP contribution is -2.32. The molecule has 2 aliphatic rings. The highest BCUT2D eigenvalue weighted by atomic mass is 19.1. The number of hydrogen-bond acceptors (Lipinski definition) is 6. The van der Waals surface area contributed by atoms with E-state index >= 15 is 0 Å². The van der Waals surface area contributed by atoms with E-state index in [1.807, 2.05) is 19.9 Å². The number of aliphatic carboxylic acids is 1. The van der Waals surface area contributed by atoms with Gasteiger partial charge >= 0.3 is 5.97 Å². The van der Waals surface area contributed by atoms with Crippen molar-refractivity contribution in [3.8, 4) is 5.75 Å². The van der Waals surface area contributed by atoms with E-state index in [4.69, 9.17) is 14.2 Å². The Morgan fingerprint density at radius 1 is 1.27 bits per heavy atom. The zero-order chi connectivity index (χ0) is 24.0. The molecule has 3 rings (SSSR count). The van der Waals surface area contributed by atoms with Crippen LogP contribution in [0.2, 0.25) is 0 Å². The fraction of sp³-hybridized carbons (Fsp3) is 0.640. The van der Waals surface area contributed by atoms with Crippen LogP contribution in [0, 0.1) is 29.5 Å². The highest BCUT2D eigenvalue weighted by Gasteiger charge is 2.43. The van der Waals surface area contributed by atoms with E-state index in [0.717, 1.165) is 12.8 Å². The monoisotopic (exact) mass is 466 g/mol. The summed E-state index contributed by atoms with van der Waals surface area (Å²) in [5.41, 5.74) is 0. The summed E-state index contributed by atoms with van der Waals surface area (Å²) in [6.07, 6.45) is 3.32. The molecule has 1 aromatic rings. The van der Waals surface area contributed by atoms with Gasteiger partial charge in [0.05, 0.1) is 25.4 Å². The van der Waals surface area contributed by atoms with E-state index in [-0.39, 0.29) is 42.2 Å². The number of fused-ring (bicyclic) bond motifs is 1. The molecule has 0 spiro atoms. The van der Waals surface area contributed by atoms with Crippen molar-refractivity contribution in [2.45, 2.75) is 57.5 Å². The third-order valence-corrected chi connectivity index (χ3v) is 6.49. The molecular weight excluding hydrogens is 431 g/mol. The molecule has 1 aliphatic carbocycles. The average molecular weight is 467 g/mol. The Labute approximate surface area is 194 Å². The van der Waals surface area contributed by atoms with Crippen molar-refractivity contribution in [1.29, 1.82) is 0 Å². The summed E-state index contributed by atoms with van der Waals surface area (Å²) >= 11 is 0. The fourth-order valence-corrected chi connectivity index (χ4v) is 4.66. The van der Waals surface area contributed by atoms with E-state index in [1.54, 1.807) is 6.08 Å². The molecular formula is C25H35FO7. The topological polar surface area (TPSA) is 105 Å². The number of ether oxygens (including phenoxy) is 3. The van der Waals surface area contributed by atoms with Crippen molar-refractivity contribution in [3.63, 3.8) is 0 Å². The maximum atomic E-state index is 13.0. The molecule has 0 aromatic heterocycles. The molecule has 1 aliphatic heterocycles. The van der Waals surface area contributed by atoms with Gasteiger partial charge in [-0.2, -0.15) is 0 Å². The number of aliphatic hydroxyl groups is 2. The minimum absolute atomic E-state index is 0.0234. The second kappa shape index (κ2) is 11.9. The van der Waals surface area contributed by atoms with Gasteiger partial charge in [-0.15, -0.1) is 0 Å². The SMILES string of the molecule is CC(C)C(OC[C@@H]1CC[C@@H]2[C@@H](/C=C/[C@@H](O)COc3ccc(F)cc3)[C@H](O)C[C@@H]2OC1)C(=O)O. The van der Waals surface area contributed by atoms with Crippen LogP contribution in [-0.2, 0) is 14.3 Å². The molecule has 184 valence electrons. The molecule has 1 saturated heterocycles. The first-order chi connectivity index (χ1) is 15.7. The maximum absolute atomic E-state index is 13.0. The summed E-state index contributed by atoms with van der Waals surface area (Å²) in [7, 11) is 0. The molecule has 0 radical (unpaired) electrons. The fourth-order valence-electron chi connectivity index (χ4n) is 4.66. The molecule has 1 unspecified atom stereocenters. The van der Waals surface area contributed by atoms with Gasteiger partial charge in [0.25, 0.3) is 0 Å². The Morgan fingerprint density at radius 3 is 2.67 bits per heavy atom. The molecule has 7 nitrogen and oxygen atoms in total. The number of carboxylic acid groups (broad SMARTS) is 1. The van der Waals surface area contributed by atoms with Crippen molar-refractivity contribution in [3.05, 3.63) is 42.2 Å². The standard InChI is InChI=1S/C25H35FO7/c1-15(2)24(25(29)30)33-13-16-3-9-21-20(22(28)11-23(21)32-12-16)10-6-18(27)14-31-19-7-4-17(26)5-8-19/h4-8,10,15-16,18,20-24,27-28H,3,9,11-14H2,1-2H3,(H,29,30)/b10-6+/t16-,18-,20-,21-,22-,23+,24?/m1/s1. The van der Waals surface area contributed by atoms with Crippen LogP contribution in [0.4, 0.5) is 4.39 Å². The van der Waals surface area contributed by atoms with Gasteiger partial charge in [0.1, 0.15) is 24.3 Å². The van der Waals surface area contributed by atoms with Gasteiger partial charge in [-0.1, -0.05) is 26.0 Å².